The van der Waals surface area contributed by atoms with Crippen LogP contribution in [0.25, 0.3) is 16.7 Å². The lowest BCUT2D eigenvalue weighted by molar-refractivity contribution is 0.277. The van der Waals surface area contributed by atoms with Gasteiger partial charge in [0.1, 0.15) is 12.1 Å². The average Bonchev–Trinajstić information content (AvgIpc) is 2.87. The van der Waals surface area contributed by atoms with Crippen LogP contribution in [0, 0.1) is 0 Å². The molecule has 4 nitrogen and oxygen atoms in total. The molecule has 0 spiro atoms. The minimum Gasteiger partial charge on any atom is -0.390 e. The Labute approximate surface area is 98.2 Å². The molecule has 0 fully saturated rings. The van der Waals surface area contributed by atoms with Crippen molar-refractivity contribution in [3.05, 3.63) is 54.6 Å². The zero-order valence-electron chi connectivity index (χ0n) is 9.11. The minimum absolute atomic E-state index is 0.0550. The molecular weight excluding hydrogens is 214 g/mol. The molecular formula is C13H11N3O. The molecule has 17 heavy (non-hydrogen) atoms. The number of benzene rings is 1. The number of fused-ring (bicyclic) bond motifs is 1. The largest absolute Gasteiger partial charge is 0.390 e. The fourth-order valence-electron chi connectivity index (χ4n) is 1.77. The Morgan fingerprint density at radius 2 is 2.00 bits per heavy atom. The second kappa shape index (κ2) is 3.99. The van der Waals surface area contributed by atoms with Crippen LogP contribution in [0.15, 0.2) is 48.9 Å². The lowest BCUT2D eigenvalue weighted by Gasteiger charge is -2.02. The Bertz CT molecular complexity index is 660. The lowest BCUT2D eigenvalue weighted by Crippen LogP contribution is -1.94. The van der Waals surface area contributed by atoms with Crippen molar-refractivity contribution in [3.8, 4) is 5.82 Å². The minimum atomic E-state index is -0.0550. The van der Waals surface area contributed by atoms with E-state index in [0.29, 0.717) is 5.69 Å². The van der Waals surface area contributed by atoms with Crippen LogP contribution in [0.5, 0.6) is 0 Å². The van der Waals surface area contributed by atoms with Gasteiger partial charge in [-0.3, -0.25) is 4.57 Å². The van der Waals surface area contributed by atoms with Gasteiger partial charge in [-0.15, -0.1) is 0 Å². The van der Waals surface area contributed by atoms with Crippen molar-refractivity contribution in [3.63, 3.8) is 0 Å². The van der Waals surface area contributed by atoms with Crippen molar-refractivity contribution >= 4 is 10.9 Å². The van der Waals surface area contributed by atoms with Crippen molar-refractivity contribution in [2.75, 3.05) is 0 Å². The number of aliphatic hydroxyl groups is 1. The second-order valence-corrected chi connectivity index (χ2v) is 3.79. The Balaban J connectivity index is 2.11. The number of rotatable bonds is 2. The number of pyridine rings is 1. The van der Waals surface area contributed by atoms with Gasteiger partial charge >= 0.3 is 0 Å². The number of hydrogen-bond donors (Lipinski definition) is 1. The zero-order chi connectivity index (χ0) is 11.7. The third kappa shape index (κ3) is 1.79. The fourth-order valence-corrected chi connectivity index (χ4v) is 1.77. The van der Waals surface area contributed by atoms with Crippen molar-refractivity contribution in [1.29, 1.82) is 0 Å². The van der Waals surface area contributed by atoms with Crippen LogP contribution in [0.4, 0.5) is 0 Å². The Hall–Kier alpha value is -2.20. The van der Waals surface area contributed by atoms with Gasteiger partial charge < -0.3 is 5.11 Å². The smallest absolute Gasteiger partial charge is 0.138 e. The first kappa shape index (κ1) is 9.99. The molecule has 4 heteroatoms. The average molecular weight is 225 g/mol. The van der Waals surface area contributed by atoms with E-state index in [1.807, 2.05) is 36.4 Å². The Morgan fingerprint density at radius 1 is 1.12 bits per heavy atom. The van der Waals surface area contributed by atoms with Crippen LogP contribution in [0.2, 0.25) is 0 Å². The number of para-hydroxylation sites is 1. The lowest BCUT2D eigenvalue weighted by atomic mass is 10.2. The van der Waals surface area contributed by atoms with Crippen molar-refractivity contribution in [2.24, 2.45) is 0 Å². The van der Waals surface area contributed by atoms with Crippen LogP contribution < -0.4 is 0 Å². The predicted molar refractivity (Wildman–Crippen MR) is 64.8 cm³/mol. The van der Waals surface area contributed by atoms with E-state index in [-0.39, 0.29) is 6.61 Å². The van der Waals surface area contributed by atoms with Gasteiger partial charge in [0.2, 0.25) is 0 Å². The third-order valence-electron chi connectivity index (χ3n) is 2.65. The maximum absolute atomic E-state index is 8.97. The van der Waals surface area contributed by atoms with Crippen LogP contribution in [0.1, 0.15) is 5.69 Å². The number of aliphatic hydroxyl groups excluding tert-OH is 1. The third-order valence-corrected chi connectivity index (χ3v) is 2.65. The van der Waals surface area contributed by atoms with Gasteiger partial charge in [-0.05, 0) is 18.2 Å². The van der Waals surface area contributed by atoms with E-state index in [1.165, 1.54) is 0 Å². The Kier molecular flexibility index (Phi) is 2.34. The molecule has 3 rings (SSSR count). The van der Waals surface area contributed by atoms with Crippen LogP contribution in [-0.2, 0) is 6.61 Å². The van der Waals surface area contributed by atoms with E-state index in [2.05, 4.69) is 9.97 Å². The summed E-state index contributed by atoms with van der Waals surface area (Å²) in [4.78, 5) is 8.60. The summed E-state index contributed by atoms with van der Waals surface area (Å²) < 4.78 is 1.80. The molecule has 0 amide bonds. The molecule has 1 aromatic carbocycles. The van der Waals surface area contributed by atoms with Crippen LogP contribution in [0.3, 0.4) is 0 Å². The number of nitrogens with zero attached hydrogens (tertiary/aromatic N) is 3. The van der Waals surface area contributed by atoms with Crippen molar-refractivity contribution in [1.82, 2.24) is 14.5 Å². The highest BCUT2D eigenvalue weighted by molar-refractivity contribution is 5.79. The molecule has 0 aliphatic heterocycles. The number of hydrogen-bond acceptors (Lipinski definition) is 3. The van der Waals surface area contributed by atoms with Gasteiger partial charge in [-0.25, -0.2) is 9.97 Å². The highest BCUT2D eigenvalue weighted by Gasteiger charge is 2.02. The molecule has 2 heterocycles. The molecule has 0 atom stereocenters. The van der Waals surface area contributed by atoms with Gasteiger partial charge in [-0.2, -0.15) is 0 Å². The van der Waals surface area contributed by atoms with Crippen LogP contribution in [-0.4, -0.2) is 19.6 Å². The second-order valence-electron chi connectivity index (χ2n) is 3.79. The zero-order valence-corrected chi connectivity index (χ0v) is 9.11. The summed E-state index contributed by atoms with van der Waals surface area (Å²) in [6, 6.07) is 11.9. The molecule has 0 bridgehead atoms. The quantitative estimate of drug-likeness (QED) is 0.724. The first-order valence-corrected chi connectivity index (χ1v) is 5.37. The highest BCUT2D eigenvalue weighted by atomic mass is 16.3. The molecule has 1 N–H and O–H groups in total. The molecule has 0 aliphatic carbocycles. The summed E-state index contributed by atoms with van der Waals surface area (Å²) in [6.45, 7) is -0.0550. The molecule has 0 aliphatic rings. The predicted octanol–water partition coefficient (Wildman–Crippen LogP) is 1.91. The maximum Gasteiger partial charge on any atom is 0.138 e. The van der Waals surface area contributed by atoms with Crippen molar-refractivity contribution < 1.29 is 5.11 Å². The normalized spacial score (nSPS) is 10.9. The molecule has 0 saturated carbocycles. The number of imidazole rings is 1. The highest BCUT2D eigenvalue weighted by Crippen LogP contribution is 2.14. The van der Waals surface area contributed by atoms with Gasteiger partial charge in [0, 0.05) is 11.6 Å². The van der Waals surface area contributed by atoms with E-state index >= 15 is 0 Å². The van der Waals surface area contributed by atoms with Crippen molar-refractivity contribution in [2.45, 2.75) is 6.61 Å². The molecule has 3 aromatic rings. The monoisotopic (exact) mass is 225 g/mol. The van der Waals surface area contributed by atoms with Gasteiger partial charge in [-0.1, -0.05) is 18.2 Å². The molecule has 84 valence electrons. The topological polar surface area (TPSA) is 50.9 Å². The van der Waals surface area contributed by atoms with E-state index in [4.69, 9.17) is 5.11 Å². The van der Waals surface area contributed by atoms with Gasteiger partial charge in [0.05, 0.1) is 17.8 Å². The summed E-state index contributed by atoms with van der Waals surface area (Å²) in [5.74, 6) is 0.802. The molecule has 2 aromatic heterocycles. The summed E-state index contributed by atoms with van der Waals surface area (Å²) >= 11 is 0. The standard InChI is InChI=1S/C13H11N3O/c17-8-11-7-16(9-14-11)13-6-5-10-3-1-2-4-12(10)15-13/h1-7,9,17H,8H2. The molecule has 0 radical (unpaired) electrons. The van der Waals surface area contributed by atoms with E-state index < -0.39 is 0 Å². The summed E-state index contributed by atoms with van der Waals surface area (Å²) in [5.41, 5.74) is 1.59. The number of aromatic nitrogens is 3. The summed E-state index contributed by atoms with van der Waals surface area (Å²) in [6.07, 6.45) is 3.43. The molecule has 0 saturated heterocycles. The fraction of sp³-hybridized carbons (Fsp3) is 0.0769. The Morgan fingerprint density at radius 3 is 2.82 bits per heavy atom. The molecule has 0 unspecified atom stereocenters. The first-order valence-electron chi connectivity index (χ1n) is 5.37. The van der Waals surface area contributed by atoms with Crippen LogP contribution >= 0.6 is 0 Å². The van der Waals surface area contributed by atoms with E-state index in [0.717, 1.165) is 16.7 Å². The van der Waals surface area contributed by atoms with Gasteiger partial charge in [0.25, 0.3) is 0 Å². The van der Waals surface area contributed by atoms with E-state index in [9.17, 15) is 0 Å². The summed E-state index contributed by atoms with van der Waals surface area (Å²) in [7, 11) is 0. The van der Waals surface area contributed by atoms with E-state index in [1.54, 1.807) is 17.1 Å². The van der Waals surface area contributed by atoms with Gasteiger partial charge in [0.15, 0.2) is 0 Å². The summed E-state index contributed by atoms with van der Waals surface area (Å²) in [5, 5.41) is 10.1. The maximum atomic E-state index is 8.97. The SMILES string of the molecule is OCc1cn(-c2ccc3ccccc3n2)cn1. The first-order chi connectivity index (χ1) is 8.36.